The number of hydrogen-bond acceptors (Lipinski definition) is 0. The van der Waals surface area contributed by atoms with Crippen LogP contribution >= 0.6 is 0 Å². The van der Waals surface area contributed by atoms with Gasteiger partial charge in [0.25, 0.3) is 5.92 Å². The Kier molecular flexibility index (Phi) is 1.32. The summed E-state index contributed by atoms with van der Waals surface area (Å²) >= 11 is 0. The minimum absolute atomic E-state index is 0.236. The summed E-state index contributed by atoms with van der Waals surface area (Å²) in [6.07, 6.45) is 6.01. The van der Waals surface area contributed by atoms with E-state index in [0.717, 1.165) is 0 Å². The van der Waals surface area contributed by atoms with Gasteiger partial charge in [0.2, 0.25) is 0 Å². The van der Waals surface area contributed by atoms with E-state index in [4.69, 9.17) is 6.42 Å². The zero-order valence-electron chi connectivity index (χ0n) is 5.53. The van der Waals surface area contributed by atoms with Crippen molar-refractivity contribution in [3.05, 3.63) is 12.7 Å². The summed E-state index contributed by atoms with van der Waals surface area (Å²) in [6, 6.07) is 0. The van der Waals surface area contributed by atoms with Gasteiger partial charge in [0.1, 0.15) is 0 Å². The van der Waals surface area contributed by atoms with Crippen LogP contribution in [0.4, 0.5) is 8.78 Å². The second-order valence-electron chi connectivity index (χ2n) is 2.71. The normalized spacial score (nSPS) is 26.1. The standard InChI is InChI=1S/C8H8F2/c1-3-7(4-2)5-8(9,10)6-7/h1,4H,2,5-6H2. The van der Waals surface area contributed by atoms with Gasteiger partial charge < -0.3 is 0 Å². The van der Waals surface area contributed by atoms with Crippen molar-refractivity contribution < 1.29 is 8.78 Å². The number of rotatable bonds is 1. The maximum Gasteiger partial charge on any atom is 0.251 e. The van der Waals surface area contributed by atoms with Crippen LogP contribution in [0.3, 0.4) is 0 Å². The number of alkyl halides is 2. The third kappa shape index (κ3) is 0.923. The lowest BCUT2D eigenvalue weighted by Crippen LogP contribution is -2.43. The molecule has 0 atom stereocenters. The minimum Gasteiger partial charge on any atom is -0.207 e. The van der Waals surface area contributed by atoms with Crippen LogP contribution in [-0.2, 0) is 0 Å². The van der Waals surface area contributed by atoms with Crippen molar-refractivity contribution in [2.75, 3.05) is 0 Å². The lowest BCUT2D eigenvalue weighted by molar-refractivity contribution is -0.120. The van der Waals surface area contributed by atoms with Crippen molar-refractivity contribution in [1.82, 2.24) is 0 Å². The molecule has 1 rings (SSSR count). The second kappa shape index (κ2) is 1.82. The van der Waals surface area contributed by atoms with Crippen molar-refractivity contribution in [1.29, 1.82) is 0 Å². The molecule has 2 heteroatoms. The van der Waals surface area contributed by atoms with Crippen LogP contribution in [0.1, 0.15) is 12.8 Å². The molecule has 1 aliphatic rings. The predicted octanol–water partition coefficient (Wildman–Crippen LogP) is 2.22. The lowest BCUT2D eigenvalue weighted by Gasteiger charge is -2.41. The third-order valence-electron chi connectivity index (χ3n) is 1.83. The van der Waals surface area contributed by atoms with Gasteiger partial charge in [0.05, 0.1) is 5.41 Å². The first-order chi connectivity index (χ1) is 4.54. The average Bonchev–Trinajstić information content (AvgIpc) is 1.82. The maximum absolute atomic E-state index is 12.3. The Morgan fingerprint density at radius 3 is 2.10 bits per heavy atom. The van der Waals surface area contributed by atoms with E-state index >= 15 is 0 Å². The highest BCUT2D eigenvalue weighted by atomic mass is 19.3. The molecule has 0 aromatic carbocycles. The highest BCUT2D eigenvalue weighted by Crippen LogP contribution is 2.52. The van der Waals surface area contributed by atoms with Crippen molar-refractivity contribution in [3.8, 4) is 12.3 Å². The number of allylic oxidation sites excluding steroid dienone is 1. The zero-order chi connectivity index (χ0) is 7.83. The molecule has 0 amide bonds. The topological polar surface area (TPSA) is 0 Å². The van der Waals surface area contributed by atoms with Gasteiger partial charge in [-0.05, 0) is 0 Å². The summed E-state index contributed by atoms with van der Waals surface area (Å²) in [6.45, 7) is 3.42. The van der Waals surface area contributed by atoms with Gasteiger partial charge in [-0.2, -0.15) is 0 Å². The Labute approximate surface area is 58.9 Å². The monoisotopic (exact) mass is 142 g/mol. The lowest BCUT2D eigenvalue weighted by atomic mass is 9.67. The molecular weight excluding hydrogens is 134 g/mol. The van der Waals surface area contributed by atoms with Crippen molar-refractivity contribution in [3.63, 3.8) is 0 Å². The number of terminal acetylenes is 1. The van der Waals surface area contributed by atoms with Gasteiger partial charge in [-0.1, -0.05) is 12.0 Å². The molecule has 1 fully saturated rings. The summed E-state index contributed by atoms with van der Waals surface area (Å²) in [7, 11) is 0. The van der Waals surface area contributed by atoms with Crippen molar-refractivity contribution in [2.45, 2.75) is 18.8 Å². The molecule has 0 aromatic rings. The van der Waals surface area contributed by atoms with E-state index in [-0.39, 0.29) is 12.8 Å². The maximum atomic E-state index is 12.3. The molecule has 10 heavy (non-hydrogen) atoms. The molecule has 0 spiro atoms. The summed E-state index contributed by atoms with van der Waals surface area (Å²) in [4.78, 5) is 0. The molecule has 0 saturated heterocycles. The van der Waals surface area contributed by atoms with E-state index in [2.05, 4.69) is 12.5 Å². The summed E-state index contributed by atoms with van der Waals surface area (Å²) < 4.78 is 24.5. The molecular formula is C8H8F2. The van der Waals surface area contributed by atoms with Crippen molar-refractivity contribution >= 4 is 0 Å². The molecule has 0 radical (unpaired) electrons. The molecule has 0 aromatic heterocycles. The molecule has 0 N–H and O–H groups in total. The van der Waals surface area contributed by atoms with Crippen LogP contribution in [0.5, 0.6) is 0 Å². The Balaban J connectivity index is 2.65. The van der Waals surface area contributed by atoms with Gasteiger partial charge in [0, 0.05) is 12.8 Å². The number of halogens is 2. The molecule has 0 aliphatic heterocycles. The highest BCUT2D eigenvalue weighted by Gasteiger charge is 2.53. The van der Waals surface area contributed by atoms with Crippen molar-refractivity contribution in [2.24, 2.45) is 5.41 Å². The fraction of sp³-hybridized carbons (Fsp3) is 0.500. The Bertz CT molecular complexity index is 190. The average molecular weight is 142 g/mol. The van der Waals surface area contributed by atoms with Crippen LogP contribution in [0.15, 0.2) is 12.7 Å². The van der Waals surface area contributed by atoms with E-state index in [0.29, 0.717) is 0 Å². The molecule has 54 valence electrons. The number of hydrogen-bond donors (Lipinski definition) is 0. The SMILES string of the molecule is C#CC1(C=C)CC(F)(F)C1. The van der Waals surface area contributed by atoms with Gasteiger partial charge in [-0.25, -0.2) is 8.78 Å². The Morgan fingerprint density at radius 2 is 2.00 bits per heavy atom. The second-order valence-corrected chi connectivity index (χ2v) is 2.71. The zero-order valence-corrected chi connectivity index (χ0v) is 5.53. The molecule has 0 heterocycles. The smallest absolute Gasteiger partial charge is 0.207 e. The fourth-order valence-corrected chi connectivity index (χ4v) is 1.18. The van der Waals surface area contributed by atoms with Crippen LogP contribution < -0.4 is 0 Å². The molecule has 0 unspecified atom stereocenters. The van der Waals surface area contributed by atoms with Crippen LogP contribution in [0, 0.1) is 17.8 Å². The van der Waals surface area contributed by atoms with Gasteiger partial charge >= 0.3 is 0 Å². The first-order valence-corrected chi connectivity index (χ1v) is 3.03. The minimum atomic E-state index is -2.56. The van der Waals surface area contributed by atoms with E-state index in [1.807, 2.05) is 0 Å². The van der Waals surface area contributed by atoms with Crippen LogP contribution in [-0.4, -0.2) is 5.92 Å². The first-order valence-electron chi connectivity index (χ1n) is 3.03. The third-order valence-corrected chi connectivity index (χ3v) is 1.83. The summed E-state index contributed by atoms with van der Waals surface area (Å²) in [5, 5.41) is 0. The molecule has 0 bridgehead atoms. The summed E-state index contributed by atoms with van der Waals surface area (Å²) in [5.74, 6) is -0.233. The Hall–Kier alpha value is -0.840. The molecule has 1 aliphatic carbocycles. The van der Waals surface area contributed by atoms with E-state index in [1.54, 1.807) is 0 Å². The molecule has 1 saturated carbocycles. The van der Waals surface area contributed by atoms with Gasteiger partial charge in [0.15, 0.2) is 0 Å². The van der Waals surface area contributed by atoms with Crippen LogP contribution in [0.25, 0.3) is 0 Å². The van der Waals surface area contributed by atoms with E-state index < -0.39 is 11.3 Å². The molecule has 0 nitrogen and oxygen atoms in total. The van der Waals surface area contributed by atoms with E-state index in [1.165, 1.54) is 6.08 Å². The van der Waals surface area contributed by atoms with Crippen LogP contribution in [0.2, 0.25) is 0 Å². The summed E-state index contributed by atoms with van der Waals surface area (Å²) in [5.41, 5.74) is -0.719. The quantitative estimate of drug-likeness (QED) is 0.389. The Morgan fingerprint density at radius 1 is 1.50 bits per heavy atom. The van der Waals surface area contributed by atoms with E-state index in [9.17, 15) is 8.78 Å². The highest BCUT2D eigenvalue weighted by molar-refractivity contribution is 5.23. The fourth-order valence-electron chi connectivity index (χ4n) is 1.18. The predicted molar refractivity (Wildman–Crippen MR) is 35.6 cm³/mol. The largest absolute Gasteiger partial charge is 0.251 e. The first kappa shape index (κ1) is 7.27. The van der Waals surface area contributed by atoms with Gasteiger partial charge in [-0.15, -0.1) is 13.0 Å². The van der Waals surface area contributed by atoms with Gasteiger partial charge in [-0.3, -0.25) is 0 Å².